The van der Waals surface area contributed by atoms with Gasteiger partial charge in [-0.05, 0) is 70.8 Å². The van der Waals surface area contributed by atoms with Crippen molar-refractivity contribution in [2.45, 2.75) is 120 Å². The second-order valence-electron chi connectivity index (χ2n) is 13.6. The number of hydrogen-bond acceptors (Lipinski definition) is 6. The molecule has 6 aliphatic rings. The first-order chi connectivity index (χ1) is 19.9. The predicted molar refractivity (Wildman–Crippen MR) is 153 cm³/mol. The summed E-state index contributed by atoms with van der Waals surface area (Å²) in [6, 6.07) is -0.630. The maximum atomic E-state index is 16.5. The number of nitrogens with zero attached hydrogens (tertiary/aromatic N) is 2. The summed E-state index contributed by atoms with van der Waals surface area (Å²) in [5, 5.41) is 17.2. The molecule has 0 aromatic carbocycles. The second-order valence-corrected chi connectivity index (χ2v) is 13.6. The van der Waals surface area contributed by atoms with Gasteiger partial charge in [-0.15, -0.1) is 0 Å². The predicted octanol–water partition coefficient (Wildman–Crippen LogP) is 2.08. The normalized spacial score (nSPS) is 46.1. The number of rotatable bonds is 3. The Hall–Kier alpha value is -1.56. The highest BCUT2D eigenvalue weighted by molar-refractivity contribution is 5.79. The van der Waals surface area contributed by atoms with Crippen molar-refractivity contribution in [3.05, 3.63) is 0 Å². The number of carbonyl (C=O) groups is 2. The van der Waals surface area contributed by atoms with E-state index in [0.29, 0.717) is 25.8 Å². The lowest BCUT2D eigenvalue weighted by Gasteiger charge is -2.59. The molecule has 1 saturated carbocycles. The fraction of sp³-hybridized carbons (Fsp3) is 0.933. The first-order valence-corrected chi connectivity index (χ1v) is 16.5. The topological polar surface area (TPSA) is 101 Å². The van der Waals surface area contributed by atoms with Gasteiger partial charge < -0.3 is 26.2 Å². The molecule has 12 atom stereocenters. The smallest absolute Gasteiger partial charge is 0.320 e. The quantitative estimate of drug-likeness (QED) is 0.351. The number of nitrogens with one attached hydrogen (secondary N) is 5. The minimum Gasteiger partial charge on any atom is -0.356 e. The summed E-state index contributed by atoms with van der Waals surface area (Å²) in [5.74, 6) is -1.35. The molecule has 11 unspecified atom stereocenters. The standard InChI is InChI=1S/C30H51F2N7O2/c1-3-6-23-26-18(10-12-34-23)7-5-11-35-29(40)19-8-4-9-21(31)24(19)25-22(32)15-20-27(38-14-13-33-16-17(38)2)37-30(41)39(26)28(20)36-25/h17-28,33-34,36H,3-16H2,1-2H3,(H,35,40)(H,37,41)/t17-,18?,19?,20?,21?,22?,23?,24?,25?,26?,27?,28?/m0/s1. The van der Waals surface area contributed by atoms with E-state index in [0.717, 1.165) is 58.3 Å². The van der Waals surface area contributed by atoms with E-state index in [1.807, 2.05) is 4.90 Å². The number of urea groups is 1. The van der Waals surface area contributed by atoms with Gasteiger partial charge in [0.05, 0.1) is 18.4 Å². The molecule has 6 rings (SSSR count). The number of amides is 3. The lowest BCUT2D eigenvalue weighted by Crippen LogP contribution is -2.79. The number of alkyl halides is 2. The Labute approximate surface area is 243 Å². The fourth-order valence-electron chi connectivity index (χ4n) is 9.31. The van der Waals surface area contributed by atoms with Crippen LogP contribution in [0.25, 0.3) is 0 Å². The Kier molecular flexibility index (Phi) is 9.06. The lowest BCUT2D eigenvalue weighted by atomic mass is 9.69. The van der Waals surface area contributed by atoms with Crippen LogP contribution >= 0.6 is 0 Å². The van der Waals surface area contributed by atoms with Gasteiger partial charge in [-0.25, -0.2) is 13.6 Å². The summed E-state index contributed by atoms with van der Waals surface area (Å²) in [6.45, 7) is 8.18. The van der Waals surface area contributed by atoms with E-state index in [9.17, 15) is 9.59 Å². The average Bonchev–Trinajstić information content (AvgIpc) is 2.96. The van der Waals surface area contributed by atoms with Crippen molar-refractivity contribution in [3.8, 4) is 0 Å². The van der Waals surface area contributed by atoms with Gasteiger partial charge in [0.15, 0.2) is 0 Å². The summed E-state index contributed by atoms with van der Waals surface area (Å²) < 4.78 is 32.2. The SMILES string of the molecule is CCCC1NCCC2CCCNC(=O)C3CCCC(F)C3C3NC4C(CC3F)C(N3CCNC[C@@H]3C)NC(=O)N4C21. The zero-order chi connectivity index (χ0) is 28.7. The monoisotopic (exact) mass is 579 g/mol. The summed E-state index contributed by atoms with van der Waals surface area (Å²) >= 11 is 0. The molecule has 1 aliphatic carbocycles. The third-order valence-corrected chi connectivity index (χ3v) is 11.2. The van der Waals surface area contributed by atoms with E-state index in [-0.39, 0.29) is 54.5 Å². The fourth-order valence-corrected chi connectivity index (χ4v) is 9.31. The van der Waals surface area contributed by atoms with Crippen LogP contribution in [0.1, 0.15) is 71.6 Å². The molecule has 0 radical (unpaired) electrons. The summed E-state index contributed by atoms with van der Waals surface area (Å²) in [5.41, 5.74) is 0. The Morgan fingerprint density at radius 2 is 1.83 bits per heavy atom. The van der Waals surface area contributed by atoms with Gasteiger partial charge in [0.25, 0.3) is 0 Å². The van der Waals surface area contributed by atoms with Crippen LogP contribution < -0.4 is 26.6 Å². The molecule has 232 valence electrons. The Morgan fingerprint density at radius 1 is 0.976 bits per heavy atom. The van der Waals surface area contributed by atoms with Crippen molar-refractivity contribution >= 4 is 11.9 Å². The Morgan fingerprint density at radius 3 is 2.63 bits per heavy atom. The molecule has 9 nitrogen and oxygen atoms in total. The van der Waals surface area contributed by atoms with Gasteiger partial charge >= 0.3 is 6.03 Å². The second kappa shape index (κ2) is 12.6. The van der Waals surface area contributed by atoms with Crippen LogP contribution in [-0.4, -0.2) is 103 Å². The number of piperazine rings is 1. The molecule has 3 amide bonds. The number of hydrogen-bond donors (Lipinski definition) is 5. The van der Waals surface area contributed by atoms with E-state index in [1.165, 1.54) is 0 Å². The summed E-state index contributed by atoms with van der Waals surface area (Å²) in [6.07, 6.45) is 3.15. The van der Waals surface area contributed by atoms with Crippen molar-refractivity contribution in [3.63, 3.8) is 0 Å². The van der Waals surface area contributed by atoms with Gasteiger partial charge in [-0.2, -0.15) is 0 Å². The maximum Gasteiger partial charge on any atom is 0.320 e. The highest BCUT2D eigenvalue weighted by atomic mass is 19.1. The number of fused-ring (bicyclic) bond motifs is 5. The van der Waals surface area contributed by atoms with Gasteiger partial charge in [0.2, 0.25) is 5.91 Å². The summed E-state index contributed by atoms with van der Waals surface area (Å²) in [7, 11) is 0. The molecule has 5 N–H and O–H groups in total. The largest absolute Gasteiger partial charge is 0.356 e. The van der Waals surface area contributed by atoms with Gasteiger partial charge in [0.1, 0.15) is 12.3 Å². The molecule has 0 aromatic rings. The molecule has 2 bridgehead atoms. The van der Waals surface area contributed by atoms with Crippen molar-refractivity contribution < 1.29 is 18.4 Å². The van der Waals surface area contributed by atoms with Crippen LogP contribution in [0, 0.1) is 23.7 Å². The third-order valence-electron chi connectivity index (χ3n) is 11.2. The molecule has 0 aromatic heterocycles. The van der Waals surface area contributed by atoms with Crippen molar-refractivity contribution in [2.75, 3.05) is 32.7 Å². The zero-order valence-electron chi connectivity index (χ0n) is 24.8. The number of carbonyl (C=O) groups excluding carboxylic acids is 2. The van der Waals surface area contributed by atoms with Crippen LogP contribution in [0.4, 0.5) is 13.6 Å². The minimum absolute atomic E-state index is 0.0540. The van der Waals surface area contributed by atoms with E-state index in [2.05, 4.69) is 45.3 Å². The van der Waals surface area contributed by atoms with Gasteiger partial charge in [-0.1, -0.05) is 13.3 Å². The van der Waals surface area contributed by atoms with Crippen LogP contribution in [0.15, 0.2) is 0 Å². The van der Waals surface area contributed by atoms with E-state index >= 15 is 8.78 Å². The van der Waals surface area contributed by atoms with Crippen LogP contribution in [0.5, 0.6) is 0 Å². The third kappa shape index (κ3) is 5.60. The molecule has 0 spiro atoms. The van der Waals surface area contributed by atoms with Gasteiger partial charge in [0, 0.05) is 62.1 Å². The zero-order valence-corrected chi connectivity index (χ0v) is 24.8. The van der Waals surface area contributed by atoms with E-state index in [4.69, 9.17) is 0 Å². The van der Waals surface area contributed by atoms with Crippen molar-refractivity contribution in [2.24, 2.45) is 23.7 Å². The highest BCUT2D eigenvalue weighted by Gasteiger charge is 2.57. The number of halogens is 2. The van der Waals surface area contributed by atoms with Crippen LogP contribution in [0.2, 0.25) is 0 Å². The molecule has 6 fully saturated rings. The van der Waals surface area contributed by atoms with E-state index < -0.39 is 36.4 Å². The molecule has 11 heteroatoms. The van der Waals surface area contributed by atoms with Gasteiger partial charge in [-0.3, -0.25) is 15.0 Å². The maximum absolute atomic E-state index is 16.5. The lowest BCUT2D eigenvalue weighted by molar-refractivity contribution is -0.133. The summed E-state index contributed by atoms with van der Waals surface area (Å²) in [4.78, 5) is 32.0. The number of piperidine rings is 2. The average molecular weight is 580 g/mol. The molecule has 5 aliphatic heterocycles. The first-order valence-electron chi connectivity index (χ1n) is 16.5. The molecule has 5 saturated heterocycles. The molecular formula is C30H51F2N7O2. The van der Waals surface area contributed by atoms with Crippen molar-refractivity contribution in [1.82, 2.24) is 36.4 Å². The molecule has 41 heavy (non-hydrogen) atoms. The highest BCUT2D eigenvalue weighted by Crippen LogP contribution is 2.44. The Bertz CT molecular complexity index is 943. The van der Waals surface area contributed by atoms with Crippen LogP contribution in [-0.2, 0) is 4.79 Å². The van der Waals surface area contributed by atoms with Crippen molar-refractivity contribution in [1.29, 1.82) is 0 Å². The Balaban J connectivity index is 1.42. The van der Waals surface area contributed by atoms with E-state index in [1.54, 1.807) is 0 Å². The minimum atomic E-state index is -1.30. The van der Waals surface area contributed by atoms with Crippen LogP contribution in [0.3, 0.4) is 0 Å². The molecular weight excluding hydrogens is 528 g/mol. The first kappa shape index (κ1) is 29.5. The molecule has 5 heterocycles.